The lowest BCUT2D eigenvalue weighted by molar-refractivity contribution is 0.0966. The largest absolute Gasteiger partial charge is 0.356 e. The second kappa shape index (κ2) is 4.43. The summed E-state index contributed by atoms with van der Waals surface area (Å²) in [4.78, 5) is 27.8. The number of rotatable bonds is 2. The zero-order chi connectivity index (χ0) is 13.4. The Morgan fingerprint density at radius 3 is 3.05 bits per heavy atom. The first-order valence-corrected chi connectivity index (χ1v) is 5.97. The Bertz CT molecular complexity index is 652. The SMILES string of the molecule is O=C1NCn2c1c(Cl)cc(NC1C=CNC=N1)c2=O. The summed E-state index contributed by atoms with van der Waals surface area (Å²) in [5.41, 5.74) is 0.195. The number of hydrogen-bond acceptors (Lipinski definition) is 5. The van der Waals surface area contributed by atoms with Crippen LogP contribution in [0.15, 0.2) is 28.1 Å². The van der Waals surface area contributed by atoms with Gasteiger partial charge < -0.3 is 16.0 Å². The average molecular weight is 280 g/mol. The van der Waals surface area contributed by atoms with Gasteiger partial charge >= 0.3 is 0 Å². The maximum Gasteiger partial charge on any atom is 0.276 e. The van der Waals surface area contributed by atoms with Gasteiger partial charge in [0.2, 0.25) is 0 Å². The van der Waals surface area contributed by atoms with Crippen LogP contribution in [0.5, 0.6) is 0 Å². The van der Waals surface area contributed by atoms with E-state index in [0.717, 1.165) is 0 Å². The van der Waals surface area contributed by atoms with Gasteiger partial charge in [0, 0.05) is 6.20 Å². The third kappa shape index (κ3) is 1.97. The number of carbonyl (C=O) groups is 1. The molecule has 0 fully saturated rings. The first-order valence-electron chi connectivity index (χ1n) is 5.59. The molecule has 0 bridgehead atoms. The van der Waals surface area contributed by atoms with Crippen molar-refractivity contribution < 1.29 is 4.79 Å². The van der Waals surface area contributed by atoms with Crippen molar-refractivity contribution in [2.24, 2.45) is 4.99 Å². The first kappa shape index (κ1) is 11.8. The van der Waals surface area contributed by atoms with E-state index < -0.39 is 0 Å². The molecule has 0 aromatic carbocycles. The summed E-state index contributed by atoms with van der Waals surface area (Å²) in [5.74, 6) is -0.339. The predicted molar refractivity (Wildman–Crippen MR) is 71.4 cm³/mol. The number of fused-ring (bicyclic) bond motifs is 1. The lowest BCUT2D eigenvalue weighted by Crippen LogP contribution is -2.29. The van der Waals surface area contributed by atoms with Crippen molar-refractivity contribution in [1.82, 2.24) is 15.2 Å². The fourth-order valence-electron chi connectivity index (χ4n) is 1.96. The number of nitrogens with zero attached hydrogens (tertiary/aromatic N) is 2. The molecule has 0 saturated carbocycles. The number of nitrogens with one attached hydrogen (secondary N) is 3. The molecular weight excluding hydrogens is 270 g/mol. The Hall–Kier alpha value is -2.28. The van der Waals surface area contributed by atoms with Crippen LogP contribution in [0.3, 0.4) is 0 Å². The van der Waals surface area contributed by atoms with Crippen LogP contribution in [0.2, 0.25) is 5.02 Å². The molecule has 19 heavy (non-hydrogen) atoms. The van der Waals surface area contributed by atoms with Gasteiger partial charge in [0.15, 0.2) is 0 Å². The highest BCUT2D eigenvalue weighted by atomic mass is 35.5. The minimum Gasteiger partial charge on any atom is -0.356 e. The maximum absolute atomic E-state index is 12.2. The highest BCUT2D eigenvalue weighted by Crippen LogP contribution is 2.21. The van der Waals surface area contributed by atoms with Crippen molar-refractivity contribution in [2.45, 2.75) is 12.8 Å². The molecular formula is C11H10ClN5O2. The van der Waals surface area contributed by atoms with E-state index in [1.165, 1.54) is 17.0 Å². The standard InChI is InChI=1S/C11H10ClN5O2/c12-6-3-7(16-8-1-2-13-4-14-8)11(19)17-5-15-10(18)9(6)17/h1-4,8,16H,5H2,(H,13,14)(H,15,18). The van der Waals surface area contributed by atoms with E-state index in [1.54, 1.807) is 12.3 Å². The molecule has 0 saturated heterocycles. The molecule has 3 N–H and O–H groups in total. The summed E-state index contributed by atoms with van der Waals surface area (Å²) in [6.45, 7) is 0.133. The van der Waals surface area contributed by atoms with Crippen LogP contribution in [0, 0.1) is 0 Å². The van der Waals surface area contributed by atoms with Gasteiger partial charge in [-0.3, -0.25) is 14.2 Å². The second-order valence-electron chi connectivity index (χ2n) is 4.04. The van der Waals surface area contributed by atoms with Crippen LogP contribution in [0.25, 0.3) is 0 Å². The molecule has 0 spiro atoms. The number of aliphatic imine (C=N–C) groups is 1. The Labute approximate surface area is 113 Å². The average Bonchev–Trinajstić information content (AvgIpc) is 2.80. The fourth-order valence-corrected chi connectivity index (χ4v) is 2.26. The molecule has 1 unspecified atom stereocenters. The van der Waals surface area contributed by atoms with E-state index in [1.807, 2.05) is 0 Å². The summed E-state index contributed by atoms with van der Waals surface area (Å²) >= 11 is 6.03. The van der Waals surface area contributed by atoms with E-state index in [9.17, 15) is 9.59 Å². The second-order valence-corrected chi connectivity index (χ2v) is 4.45. The number of anilines is 1. The fraction of sp³-hybridized carbons (Fsp3) is 0.182. The third-order valence-electron chi connectivity index (χ3n) is 2.84. The van der Waals surface area contributed by atoms with Crippen molar-refractivity contribution in [3.05, 3.63) is 39.4 Å². The molecule has 1 amide bonds. The van der Waals surface area contributed by atoms with Gasteiger partial charge in [-0.15, -0.1) is 0 Å². The summed E-state index contributed by atoms with van der Waals surface area (Å²) in [5, 5.41) is 8.54. The van der Waals surface area contributed by atoms with Crippen LogP contribution in [0.1, 0.15) is 10.5 Å². The van der Waals surface area contributed by atoms with Crippen molar-refractivity contribution in [3.8, 4) is 0 Å². The lowest BCUT2D eigenvalue weighted by Gasteiger charge is -2.15. The van der Waals surface area contributed by atoms with Crippen molar-refractivity contribution in [2.75, 3.05) is 5.32 Å². The summed E-state index contributed by atoms with van der Waals surface area (Å²) < 4.78 is 1.31. The molecule has 1 aromatic heterocycles. The summed E-state index contributed by atoms with van der Waals surface area (Å²) in [6.07, 6.45) is 4.65. The van der Waals surface area contributed by atoms with E-state index in [2.05, 4.69) is 20.9 Å². The number of pyridine rings is 1. The van der Waals surface area contributed by atoms with Gasteiger partial charge in [0.05, 0.1) is 18.0 Å². The molecule has 1 aromatic rings. The molecule has 1 atom stereocenters. The van der Waals surface area contributed by atoms with Gasteiger partial charge in [0.25, 0.3) is 11.5 Å². The van der Waals surface area contributed by atoms with Crippen LogP contribution in [-0.4, -0.2) is 23.0 Å². The Balaban J connectivity index is 2.00. The van der Waals surface area contributed by atoms with E-state index >= 15 is 0 Å². The normalized spacial score (nSPS) is 19.8. The zero-order valence-corrected chi connectivity index (χ0v) is 10.4. The topological polar surface area (TPSA) is 87.5 Å². The molecule has 2 aliphatic heterocycles. The number of aromatic nitrogens is 1. The highest BCUT2D eigenvalue weighted by Gasteiger charge is 2.25. The monoisotopic (exact) mass is 279 g/mol. The molecule has 98 valence electrons. The Morgan fingerprint density at radius 2 is 2.32 bits per heavy atom. The molecule has 3 heterocycles. The Kier molecular flexibility index (Phi) is 2.75. The number of carbonyl (C=O) groups excluding carboxylic acids is 1. The van der Waals surface area contributed by atoms with Crippen LogP contribution in [-0.2, 0) is 6.67 Å². The smallest absolute Gasteiger partial charge is 0.276 e. The molecule has 8 heteroatoms. The Morgan fingerprint density at radius 1 is 1.47 bits per heavy atom. The summed E-state index contributed by atoms with van der Waals surface area (Å²) in [6, 6.07) is 1.45. The third-order valence-corrected chi connectivity index (χ3v) is 3.13. The number of halogens is 1. The van der Waals surface area contributed by atoms with E-state index in [-0.39, 0.29) is 35.0 Å². The molecule has 2 aliphatic rings. The molecule has 7 nitrogen and oxygen atoms in total. The van der Waals surface area contributed by atoms with Crippen LogP contribution < -0.4 is 21.5 Å². The van der Waals surface area contributed by atoms with E-state index in [4.69, 9.17) is 11.6 Å². The van der Waals surface area contributed by atoms with Gasteiger partial charge in [-0.1, -0.05) is 11.6 Å². The van der Waals surface area contributed by atoms with Crippen LogP contribution >= 0.6 is 11.6 Å². The quantitative estimate of drug-likeness (QED) is 0.716. The number of hydrogen-bond donors (Lipinski definition) is 3. The highest BCUT2D eigenvalue weighted by molar-refractivity contribution is 6.34. The summed E-state index contributed by atoms with van der Waals surface area (Å²) in [7, 11) is 0. The first-order chi connectivity index (χ1) is 9.16. The predicted octanol–water partition coefficient (Wildman–Crippen LogP) is 0.0858. The number of amides is 1. The van der Waals surface area contributed by atoms with Gasteiger partial charge in [-0.25, -0.2) is 4.99 Å². The molecule has 0 aliphatic carbocycles. The molecule has 3 rings (SSSR count). The van der Waals surface area contributed by atoms with Crippen molar-refractivity contribution in [1.29, 1.82) is 0 Å². The maximum atomic E-state index is 12.2. The van der Waals surface area contributed by atoms with Crippen molar-refractivity contribution >= 4 is 29.5 Å². The molecule has 0 radical (unpaired) electrons. The van der Waals surface area contributed by atoms with Gasteiger partial charge in [-0.05, 0) is 12.1 Å². The minimum absolute atomic E-state index is 0.133. The van der Waals surface area contributed by atoms with Crippen LogP contribution in [0.4, 0.5) is 5.69 Å². The van der Waals surface area contributed by atoms with Gasteiger partial charge in [0.1, 0.15) is 17.5 Å². The minimum atomic E-state index is -0.339. The zero-order valence-electron chi connectivity index (χ0n) is 9.68. The van der Waals surface area contributed by atoms with Crippen molar-refractivity contribution in [3.63, 3.8) is 0 Å². The van der Waals surface area contributed by atoms with E-state index in [0.29, 0.717) is 5.69 Å². The lowest BCUT2D eigenvalue weighted by atomic mass is 10.3. The van der Waals surface area contributed by atoms with Gasteiger partial charge in [-0.2, -0.15) is 0 Å².